The fourth-order valence-electron chi connectivity index (χ4n) is 2.57. The molecular formula is C15H20F2N2O. The van der Waals surface area contributed by atoms with Crippen LogP contribution in [0.3, 0.4) is 0 Å². The summed E-state index contributed by atoms with van der Waals surface area (Å²) in [5.41, 5.74) is 0.0892. The number of benzene rings is 1. The van der Waals surface area contributed by atoms with Gasteiger partial charge in [-0.2, -0.15) is 0 Å². The van der Waals surface area contributed by atoms with Gasteiger partial charge in [0.2, 0.25) is 5.91 Å². The lowest BCUT2D eigenvalue weighted by Crippen LogP contribution is -2.50. The molecule has 1 amide bonds. The van der Waals surface area contributed by atoms with Crippen LogP contribution in [0.2, 0.25) is 0 Å². The van der Waals surface area contributed by atoms with Crippen molar-refractivity contribution in [3.8, 4) is 0 Å². The largest absolute Gasteiger partial charge is 0.352 e. The van der Waals surface area contributed by atoms with Gasteiger partial charge in [-0.15, -0.1) is 0 Å². The average molecular weight is 282 g/mol. The topological polar surface area (TPSA) is 41.1 Å². The van der Waals surface area contributed by atoms with Gasteiger partial charge in [-0.1, -0.05) is 18.6 Å². The number of amides is 1. The van der Waals surface area contributed by atoms with Gasteiger partial charge in [-0.25, -0.2) is 8.78 Å². The number of hydrogen-bond donors (Lipinski definition) is 2. The molecule has 0 radical (unpaired) electrons. The summed E-state index contributed by atoms with van der Waals surface area (Å²) in [5.74, 6) is -2.14. The van der Waals surface area contributed by atoms with Gasteiger partial charge < -0.3 is 10.6 Å². The van der Waals surface area contributed by atoms with Crippen LogP contribution >= 0.6 is 0 Å². The van der Waals surface area contributed by atoms with E-state index in [0.29, 0.717) is 0 Å². The van der Waals surface area contributed by atoms with Crippen LogP contribution < -0.4 is 10.6 Å². The third-order valence-electron chi connectivity index (χ3n) is 3.72. The molecule has 1 aliphatic heterocycles. The minimum atomic E-state index is -0.939. The zero-order valence-corrected chi connectivity index (χ0v) is 11.6. The Labute approximate surface area is 117 Å². The fraction of sp³-hybridized carbons (Fsp3) is 0.533. The Balaban J connectivity index is 1.90. The zero-order chi connectivity index (χ0) is 14.5. The molecule has 1 saturated heterocycles. The molecule has 5 heteroatoms. The van der Waals surface area contributed by atoms with Gasteiger partial charge in [0.1, 0.15) is 0 Å². The number of hydrogen-bond acceptors (Lipinski definition) is 2. The molecule has 0 bridgehead atoms. The number of carbonyl (C=O) groups is 1. The Morgan fingerprint density at radius 3 is 2.95 bits per heavy atom. The molecule has 1 aromatic carbocycles. The van der Waals surface area contributed by atoms with Gasteiger partial charge in [0.15, 0.2) is 11.6 Å². The summed E-state index contributed by atoms with van der Waals surface area (Å²) in [4.78, 5) is 11.9. The molecule has 1 aromatic rings. The smallest absolute Gasteiger partial charge is 0.224 e. The molecule has 20 heavy (non-hydrogen) atoms. The van der Waals surface area contributed by atoms with Crippen molar-refractivity contribution in [3.63, 3.8) is 0 Å². The Kier molecular flexibility index (Phi) is 5.06. The molecular weight excluding hydrogens is 262 g/mol. The Morgan fingerprint density at radius 1 is 1.45 bits per heavy atom. The Morgan fingerprint density at radius 2 is 2.25 bits per heavy atom. The molecule has 0 saturated carbocycles. The molecule has 2 atom stereocenters. The van der Waals surface area contributed by atoms with Gasteiger partial charge in [0.25, 0.3) is 0 Å². The third-order valence-corrected chi connectivity index (χ3v) is 3.72. The van der Waals surface area contributed by atoms with Crippen LogP contribution in [-0.4, -0.2) is 24.5 Å². The van der Waals surface area contributed by atoms with Crippen molar-refractivity contribution in [3.05, 3.63) is 35.4 Å². The van der Waals surface area contributed by atoms with Gasteiger partial charge in [-0.3, -0.25) is 4.79 Å². The van der Waals surface area contributed by atoms with E-state index in [9.17, 15) is 13.6 Å². The van der Waals surface area contributed by atoms with Crippen molar-refractivity contribution in [1.29, 1.82) is 0 Å². The first-order chi connectivity index (χ1) is 9.58. The zero-order valence-electron chi connectivity index (χ0n) is 11.6. The number of nitrogens with one attached hydrogen (secondary N) is 2. The first kappa shape index (κ1) is 14.9. The molecule has 2 N–H and O–H groups in total. The second-order valence-corrected chi connectivity index (χ2v) is 5.30. The van der Waals surface area contributed by atoms with Crippen molar-refractivity contribution in [2.24, 2.45) is 0 Å². The van der Waals surface area contributed by atoms with Crippen molar-refractivity contribution in [2.75, 3.05) is 6.54 Å². The minimum absolute atomic E-state index is 0.0144. The van der Waals surface area contributed by atoms with Gasteiger partial charge in [0, 0.05) is 17.6 Å². The molecule has 0 aromatic heterocycles. The highest BCUT2D eigenvalue weighted by molar-refractivity contribution is 5.79. The normalized spacial score (nSPS) is 20.4. The van der Waals surface area contributed by atoms with Gasteiger partial charge in [-0.05, 0) is 32.4 Å². The summed E-state index contributed by atoms with van der Waals surface area (Å²) in [6.07, 6.45) is 3.19. The van der Waals surface area contributed by atoms with E-state index >= 15 is 0 Å². The highest BCUT2D eigenvalue weighted by Crippen LogP contribution is 2.13. The standard InChI is InChI=1S/C15H20F2N2O/c1-10(13-7-2-3-8-18-13)19-14(20)9-11-5-4-6-12(16)15(11)17/h4-6,10,13,18H,2-3,7-9H2,1H3,(H,19,20). The van der Waals surface area contributed by atoms with Crippen molar-refractivity contribution in [2.45, 2.75) is 44.7 Å². The van der Waals surface area contributed by atoms with E-state index in [4.69, 9.17) is 0 Å². The van der Waals surface area contributed by atoms with E-state index in [0.717, 1.165) is 31.9 Å². The molecule has 2 rings (SSSR count). The number of piperidine rings is 1. The van der Waals surface area contributed by atoms with E-state index in [1.807, 2.05) is 6.92 Å². The second kappa shape index (κ2) is 6.79. The van der Waals surface area contributed by atoms with E-state index in [2.05, 4.69) is 10.6 Å². The van der Waals surface area contributed by atoms with Gasteiger partial charge in [0.05, 0.1) is 6.42 Å². The molecule has 3 nitrogen and oxygen atoms in total. The predicted molar refractivity (Wildman–Crippen MR) is 73.3 cm³/mol. The lowest BCUT2D eigenvalue weighted by atomic mass is 9.99. The number of rotatable bonds is 4. The Hall–Kier alpha value is -1.49. The molecule has 2 unspecified atom stereocenters. The summed E-state index contributed by atoms with van der Waals surface area (Å²) < 4.78 is 26.6. The number of halogens is 2. The molecule has 1 heterocycles. The summed E-state index contributed by atoms with van der Waals surface area (Å²) >= 11 is 0. The van der Waals surface area contributed by atoms with E-state index in [1.165, 1.54) is 12.1 Å². The lowest BCUT2D eigenvalue weighted by Gasteiger charge is -2.29. The minimum Gasteiger partial charge on any atom is -0.352 e. The van der Waals surface area contributed by atoms with Crippen LogP contribution in [0.25, 0.3) is 0 Å². The first-order valence-corrected chi connectivity index (χ1v) is 7.03. The number of carbonyl (C=O) groups excluding carboxylic acids is 1. The molecule has 110 valence electrons. The summed E-state index contributed by atoms with van der Waals surface area (Å²) in [5, 5.41) is 6.21. The van der Waals surface area contributed by atoms with Crippen LogP contribution in [0, 0.1) is 11.6 Å². The van der Waals surface area contributed by atoms with Crippen LogP contribution in [0.4, 0.5) is 8.78 Å². The summed E-state index contributed by atoms with van der Waals surface area (Å²) in [6.45, 7) is 2.90. The van der Waals surface area contributed by atoms with Gasteiger partial charge >= 0.3 is 0 Å². The van der Waals surface area contributed by atoms with E-state index in [-0.39, 0.29) is 30.0 Å². The molecule has 1 fully saturated rings. The quantitative estimate of drug-likeness (QED) is 0.888. The first-order valence-electron chi connectivity index (χ1n) is 7.03. The molecule has 1 aliphatic rings. The second-order valence-electron chi connectivity index (χ2n) is 5.30. The van der Waals surface area contributed by atoms with Crippen molar-refractivity contribution >= 4 is 5.91 Å². The monoisotopic (exact) mass is 282 g/mol. The predicted octanol–water partition coefficient (Wildman–Crippen LogP) is 2.15. The summed E-state index contributed by atoms with van der Waals surface area (Å²) in [6, 6.07) is 4.13. The maximum atomic E-state index is 13.5. The highest BCUT2D eigenvalue weighted by atomic mass is 19.2. The van der Waals surface area contributed by atoms with Crippen LogP contribution in [0.1, 0.15) is 31.7 Å². The lowest BCUT2D eigenvalue weighted by molar-refractivity contribution is -0.121. The maximum Gasteiger partial charge on any atom is 0.224 e. The van der Waals surface area contributed by atoms with Crippen LogP contribution in [-0.2, 0) is 11.2 Å². The van der Waals surface area contributed by atoms with E-state index < -0.39 is 11.6 Å². The Bertz CT molecular complexity index is 473. The maximum absolute atomic E-state index is 13.5. The molecule has 0 aliphatic carbocycles. The third kappa shape index (κ3) is 3.76. The van der Waals surface area contributed by atoms with Crippen molar-refractivity contribution in [1.82, 2.24) is 10.6 Å². The average Bonchev–Trinajstić information content (AvgIpc) is 2.45. The SMILES string of the molecule is CC(NC(=O)Cc1cccc(F)c1F)C1CCCCN1. The van der Waals surface area contributed by atoms with Crippen molar-refractivity contribution < 1.29 is 13.6 Å². The fourth-order valence-corrected chi connectivity index (χ4v) is 2.57. The van der Waals surface area contributed by atoms with Crippen LogP contribution in [0.15, 0.2) is 18.2 Å². The summed E-state index contributed by atoms with van der Waals surface area (Å²) in [7, 11) is 0. The molecule has 0 spiro atoms. The highest BCUT2D eigenvalue weighted by Gasteiger charge is 2.21. The van der Waals surface area contributed by atoms with E-state index in [1.54, 1.807) is 0 Å². The van der Waals surface area contributed by atoms with Crippen LogP contribution in [0.5, 0.6) is 0 Å².